The summed E-state index contributed by atoms with van der Waals surface area (Å²) in [5.41, 5.74) is 1.17. The van der Waals surface area contributed by atoms with Crippen LogP contribution in [0.2, 0.25) is 0 Å². The van der Waals surface area contributed by atoms with E-state index in [1.54, 1.807) is 16.2 Å². The number of rotatable bonds is 8. The first kappa shape index (κ1) is 15.7. The molecular formula is C13H20N2O3S. The number of aliphatic carboxylic acids is 1. The predicted molar refractivity (Wildman–Crippen MR) is 75.3 cm³/mol. The van der Waals surface area contributed by atoms with Gasteiger partial charge in [0.05, 0.1) is 19.6 Å². The van der Waals surface area contributed by atoms with E-state index in [4.69, 9.17) is 5.11 Å². The molecule has 1 aromatic heterocycles. The fraction of sp³-hybridized carbons (Fsp3) is 0.538. The molecule has 0 aliphatic heterocycles. The first-order chi connectivity index (χ1) is 9.02. The van der Waals surface area contributed by atoms with Crippen molar-refractivity contribution in [3.63, 3.8) is 0 Å². The molecule has 5 nitrogen and oxygen atoms in total. The summed E-state index contributed by atoms with van der Waals surface area (Å²) in [5, 5.41) is 13.6. The maximum absolute atomic E-state index is 11.8. The van der Waals surface area contributed by atoms with Crippen molar-refractivity contribution in [2.75, 3.05) is 19.6 Å². The summed E-state index contributed by atoms with van der Waals surface area (Å²) in [6.45, 7) is 5.12. The van der Waals surface area contributed by atoms with Gasteiger partial charge in [0.25, 0.3) is 0 Å². The molecule has 0 saturated heterocycles. The number of hydrogen-bond acceptors (Lipinski definition) is 4. The Morgan fingerprint density at radius 3 is 2.68 bits per heavy atom. The monoisotopic (exact) mass is 284 g/mol. The van der Waals surface area contributed by atoms with Gasteiger partial charge in [-0.15, -0.1) is 11.3 Å². The van der Waals surface area contributed by atoms with E-state index in [1.807, 2.05) is 25.3 Å². The zero-order valence-electron chi connectivity index (χ0n) is 11.3. The van der Waals surface area contributed by atoms with Crippen LogP contribution in [-0.4, -0.2) is 41.5 Å². The fourth-order valence-electron chi connectivity index (χ4n) is 1.74. The average molecular weight is 284 g/mol. The van der Waals surface area contributed by atoms with E-state index >= 15 is 0 Å². The normalized spacial score (nSPS) is 10.7. The number of thiophene rings is 1. The molecule has 0 radical (unpaired) electrons. The van der Waals surface area contributed by atoms with Gasteiger partial charge in [-0.1, -0.05) is 6.92 Å². The molecule has 1 heterocycles. The van der Waals surface area contributed by atoms with E-state index in [0.29, 0.717) is 13.1 Å². The Hall–Kier alpha value is -1.40. The van der Waals surface area contributed by atoms with Crippen LogP contribution in [0.5, 0.6) is 0 Å². The zero-order valence-corrected chi connectivity index (χ0v) is 12.1. The molecular weight excluding hydrogens is 264 g/mol. The molecule has 1 amide bonds. The van der Waals surface area contributed by atoms with Crippen LogP contribution in [0, 0.1) is 6.92 Å². The van der Waals surface area contributed by atoms with Gasteiger partial charge >= 0.3 is 5.97 Å². The summed E-state index contributed by atoms with van der Waals surface area (Å²) in [6.07, 6.45) is 0.824. The standard InChI is InChI=1S/C13H20N2O3S/c1-3-5-15(9-13(17)18)8-12(16)14-7-11-10(2)4-6-19-11/h4,6H,3,5,7-9H2,1-2H3,(H,14,16)(H,17,18). The topological polar surface area (TPSA) is 69.6 Å². The number of nitrogens with one attached hydrogen (secondary N) is 1. The summed E-state index contributed by atoms with van der Waals surface area (Å²) in [6, 6.07) is 2.01. The molecule has 0 aliphatic carbocycles. The Labute approximate surface area is 117 Å². The first-order valence-electron chi connectivity index (χ1n) is 6.26. The van der Waals surface area contributed by atoms with Gasteiger partial charge in [0.1, 0.15) is 0 Å². The SMILES string of the molecule is CCCN(CC(=O)O)CC(=O)NCc1sccc1C. The van der Waals surface area contributed by atoms with Crippen LogP contribution in [0.3, 0.4) is 0 Å². The highest BCUT2D eigenvalue weighted by Gasteiger charge is 2.13. The average Bonchev–Trinajstić information content (AvgIpc) is 2.71. The number of nitrogens with zero attached hydrogens (tertiary/aromatic N) is 1. The van der Waals surface area contributed by atoms with Crippen molar-refractivity contribution in [2.45, 2.75) is 26.8 Å². The number of carboxylic acid groups (broad SMARTS) is 1. The van der Waals surface area contributed by atoms with Gasteiger partial charge in [0, 0.05) is 4.88 Å². The number of carboxylic acids is 1. The quantitative estimate of drug-likeness (QED) is 0.758. The highest BCUT2D eigenvalue weighted by Crippen LogP contribution is 2.14. The van der Waals surface area contributed by atoms with Gasteiger partial charge in [-0.05, 0) is 36.9 Å². The molecule has 1 rings (SSSR count). The van der Waals surface area contributed by atoms with E-state index in [0.717, 1.165) is 11.3 Å². The van der Waals surface area contributed by atoms with Crippen LogP contribution in [0.4, 0.5) is 0 Å². The molecule has 0 fully saturated rings. The lowest BCUT2D eigenvalue weighted by atomic mass is 10.3. The molecule has 0 atom stereocenters. The summed E-state index contributed by atoms with van der Waals surface area (Å²) in [5.74, 6) is -1.04. The Bertz CT molecular complexity index is 431. The Morgan fingerprint density at radius 1 is 1.42 bits per heavy atom. The van der Waals surface area contributed by atoms with Crippen molar-refractivity contribution in [3.05, 3.63) is 21.9 Å². The maximum Gasteiger partial charge on any atom is 0.317 e. The van der Waals surface area contributed by atoms with Gasteiger partial charge in [-0.2, -0.15) is 0 Å². The second-order valence-corrected chi connectivity index (χ2v) is 5.41. The van der Waals surface area contributed by atoms with Crippen molar-refractivity contribution in [1.82, 2.24) is 10.2 Å². The van der Waals surface area contributed by atoms with Gasteiger partial charge < -0.3 is 10.4 Å². The largest absolute Gasteiger partial charge is 0.480 e. The number of hydrogen-bond donors (Lipinski definition) is 2. The van der Waals surface area contributed by atoms with Gasteiger partial charge in [0.2, 0.25) is 5.91 Å². The highest BCUT2D eigenvalue weighted by atomic mass is 32.1. The molecule has 0 aromatic carbocycles. The highest BCUT2D eigenvalue weighted by molar-refractivity contribution is 7.10. The van der Waals surface area contributed by atoms with Gasteiger partial charge in [0.15, 0.2) is 0 Å². The van der Waals surface area contributed by atoms with Crippen molar-refractivity contribution >= 4 is 23.2 Å². The van der Waals surface area contributed by atoms with Crippen molar-refractivity contribution in [3.8, 4) is 0 Å². The Balaban J connectivity index is 2.39. The van der Waals surface area contributed by atoms with Crippen LogP contribution in [0.15, 0.2) is 11.4 Å². The van der Waals surface area contributed by atoms with Crippen LogP contribution < -0.4 is 5.32 Å². The summed E-state index contributed by atoms with van der Waals surface area (Å²) in [7, 11) is 0. The molecule has 2 N–H and O–H groups in total. The van der Waals surface area contributed by atoms with Crippen molar-refractivity contribution < 1.29 is 14.7 Å². The van der Waals surface area contributed by atoms with Crippen LogP contribution in [-0.2, 0) is 16.1 Å². The summed E-state index contributed by atoms with van der Waals surface area (Å²) < 4.78 is 0. The van der Waals surface area contributed by atoms with E-state index in [-0.39, 0.29) is 19.0 Å². The molecule has 0 spiro atoms. The van der Waals surface area contributed by atoms with Gasteiger partial charge in [-0.25, -0.2) is 0 Å². The second-order valence-electron chi connectivity index (χ2n) is 4.41. The third-order valence-electron chi connectivity index (χ3n) is 2.68. The third kappa shape index (κ3) is 5.85. The number of carbonyl (C=O) groups excluding carboxylic acids is 1. The zero-order chi connectivity index (χ0) is 14.3. The van der Waals surface area contributed by atoms with E-state index in [9.17, 15) is 9.59 Å². The number of aryl methyl sites for hydroxylation is 1. The fourth-order valence-corrected chi connectivity index (χ4v) is 2.59. The maximum atomic E-state index is 11.8. The van der Waals surface area contributed by atoms with E-state index < -0.39 is 5.97 Å². The Morgan fingerprint density at radius 2 is 2.16 bits per heavy atom. The number of amides is 1. The summed E-state index contributed by atoms with van der Waals surface area (Å²) >= 11 is 1.61. The van der Waals surface area contributed by atoms with Crippen LogP contribution in [0.1, 0.15) is 23.8 Å². The first-order valence-corrected chi connectivity index (χ1v) is 7.14. The lowest BCUT2D eigenvalue weighted by molar-refractivity contribution is -0.138. The molecule has 19 heavy (non-hydrogen) atoms. The molecule has 0 unspecified atom stereocenters. The molecule has 106 valence electrons. The Kier molecular flexibility index (Phi) is 6.52. The minimum Gasteiger partial charge on any atom is -0.480 e. The molecule has 1 aromatic rings. The second kappa shape index (κ2) is 7.91. The third-order valence-corrected chi connectivity index (χ3v) is 3.70. The molecule has 0 aliphatic rings. The van der Waals surface area contributed by atoms with Crippen LogP contribution in [0.25, 0.3) is 0 Å². The van der Waals surface area contributed by atoms with Crippen molar-refractivity contribution in [1.29, 1.82) is 0 Å². The summed E-state index contributed by atoms with van der Waals surface area (Å²) in [4.78, 5) is 25.2. The van der Waals surface area contributed by atoms with Crippen molar-refractivity contribution in [2.24, 2.45) is 0 Å². The molecule has 0 bridgehead atoms. The lowest BCUT2D eigenvalue weighted by Crippen LogP contribution is -2.39. The molecule has 6 heteroatoms. The number of carbonyl (C=O) groups is 2. The van der Waals surface area contributed by atoms with Gasteiger partial charge in [-0.3, -0.25) is 14.5 Å². The minimum atomic E-state index is -0.907. The predicted octanol–water partition coefficient (Wildman–Crippen LogP) is 1.47. The van der Waals surface area contributed by atoms with E-state index in [1.165, 1.54) is 5.56 Å². The minimum absolute atomic E-state index is 0.0979. The molecule has 0 saturated carbocycles. The smallest absolute Gasteiger partial charge is 0.317 e. The lowest BCUT2D eigenvalue weighted by Gasteiger charge is -2.18. The van der Waals surface area contributed by atoms with Crippen LogP contribution >= 0.6 is 11.3 Å². The van der Waals surface area contributed by atoms with E-state index in [2.05, 4.69) is 5.32 Å².